The van der Waals surface area contributed by atoms with E-state index in [1.807, 2.05) is 0 Å². The van der Waals surface area contributed by atoms with Crippen LogP contribution in [-0.2, 0) is 4.57 Å². The van der Waals surface area contributed by atoms with Gasteiger partial charge in [-0.05, 0) is 30.4 Å². The molecule has 3 nitrogen and oxygen atoms in total. The summed E-state index contributed by atoms with van der Waals surface area (Å²) >= 11 is 0. The molecule has 1 fully saturated rings. The van der Waals surface area contributed by atoms with Crippen LogP contribution in [0, 0.1) is 11.7 Å². The van der Waals surface area contributed by atoms with E-state index in [0.29, 0.717) is 5.56 Å². The predicted molar refractivity (Wildman–Crippen MR) is 72.6 cm³/mol. The van der Waals surface area contributed by atoms with Gasteiger partial charge in [-0.25, -0.2) is 4.39 Å². The maximum absolute atomic E-state index is 13.9. The van der Waals surface area contributed by atoms with Crippen LogP contribution in [0.25, 0.3) is 0 Å². The highest BCUT2D eigenvalue weighted by Gasteiger charge is 2.32. The molecule has 0 amide bonds. The summed E-state index contributed by atoms with van der Waals surface area (Å²) in [6.45, 7) is 0. The largest absolute Gasteiger partial charge is 0.326 e. The minimum absolute atomic E-state index is 0.179. The fourth-order valence-corrected chi connectivity index (χ4v) is 4.08. The third kappa shape index (κ3) is 4.13. The summed E-state index contributed by atoms with van der Waals surface area (Å²) in [7, 11) is -4.14. The van der Waals surface area contributed by atoms with E-state index in [4.69, 9.17) is 0 Å². The first-order valence-electron chi connectivity index (χ1n) is 6.76. The molecule has 0 aliphatic heterocycles. The Morgan fingerprint density at radius 1 is 1.21 bits per heavy atom. The average molecular weight is 286 g/mol. The molecule has 0 radical (unpaired) electrons. The van der Waals surface area contributed by atoms with Gasteiger partial charge in [0, 0.05) is 5.92 Å². The normalized spacial score (nSPS) is 19.3. The van der Waals surface area contributed by atoms with Crippen LogP contribution >= 0.6 is 7.60 Å². The highest BCUT2D eigenvalue weighted by molar-refractivity contribution is 7.51. The van der Waals surface area contributed by atoms with Gasteiger partial charge in [-0.2, -0.15) is 0 Å². The Morgan fingerprint density at radius 3 is 2.42 bits per heavy atom. The highest BCUT2D eigenvalue weighted by Crippen LogP contribution is 2.46. The van der Waals surface area contributed by atoms with Crippen molar-refractivity contribution in [3.8, 4) is 0 Å². The molecule has 1 aliphatic rings. The van der Waals surface area contributed by atoms with E-state index in [-0.39, 0.29) is 23.8 Å². The summed E-state index contributed by atoms with van der Waals surface area (Å²) in [4.78, 5) is 18.5. The Balaban J connectivity index is 2.28. The first-order valence-corrected chi connectivity index (χ1v) is 8.56. The SMILES string of the molecule is O=P(O)(O)CC(c1ccccc1F)C1CCCCC1. The molecule has 5 heteroatoms. The molecular weight excluding hydrogens is 266 g/mol. The van der Waals surface area contributed by atoms with Crippen LogP contribution in [-0.4, -0.2) is 15.9 Å². The molecule has 0 bridgehead atoms. The zero-order valence-corrected chi connectivity index (χ0v) is 11.7. The smallest absolute Gasteiger partial charge is 0.324 e. The van der Waals surface area contributed by atoms with Gasteiger partial charge in [-0.15, -0.1) is 0 Å². The summed E-state index contributed by atoms with van der Waals surface area (Å²) in [6.07, 6.45) is 4.90. The van der Waals surface area contributed by atoms with Crippen molar-refractivity contribution < 1.29 is 18.7 Å². The van der Waals surface area contributed by atoms with E-state index >= 15 is 0 Å². The van der Waals surface area contributed by atoms with Crippen molar-refractivity contribution >= 4 is 7.60 Å². The van der Waals surface area contributed by atoms with E-state index in [9.17, 15) is 18.7 Å². The molecule has 0 saturated heterocycles. The van der Waals surface area contributed by atoms with Crippen molar-refractivity contribution in [2.45, 2.75) is 38.0 Å². The number of halogens is 1. The number of hydrogen-bond donors (Lipinski definition) is 2. The van der Waals surface area contributed by atoms with Gasteiger partial charge in [-0.1, -0.05) is 37.5 Å². The molecule has 1 atom stereocenters. The molecule has 2 N–H and O–H groups in total. The van der Waals surface area contributed by atoms with Gasteiger partial charge in [-0.3, -0.25) is 4.57 Å². The van der Waals surface area contributed by atoms with Gasteiger partial charge in [0.25, 0.3) is 0 Å². The quantitative estimate of drug-likeness (QED) is 0.830. The molecule has 0 spiro atoms. The van der Waals surface area contributed by atoms with Crippen molar-refractivity contribution in [3.05, 3.63) is 35.6 Å². The standard InChI is InChI=1S/C14H20FO3P/c15-14-9-5-4-8-12(14)13(10-19(16,17)18)11-6-2-1-3-7-11/h4-5,8-9,11,13H,1-3,6-7,10H2,(H2,16,17,18). The van der Waals surface area contributed by atoms with E-state index in [0.717, 1.165) is 32.1 Å². The van der Waals surface area contributed by atoms with Gasteiger partial charge in [0.2, 0.25) is 0 Å². The van der Waals surface area contributed by atoms with Gasteiger partial charge in [0.15, 0.2) is 0 Å². The Hall–Kier alpha value is -0.700. The molecule has 1 aromatic carbocycles. The average Bonchev–Trinajstić information content (AvgIpc) is 2.37. The molecule has 1 aromatic rings. The Labute approximate surface area is 113 Å². The third-order valence-corrected chi connectivity index (χ3v) is 4.83. The first kappa shape index (κ1) is 14.7. The lowest BCUT2D eigenvalue weighted by atomic mass is 9.77. The first-order chi connectivity index (χ1) is 8.97. The van der Waals surface area contributed by atoms with E-state index < -0.39 is 7.60 Å². The molecule has 106 valence electrons. The minimum atomic E-state index is -4.14. The Morgan fingerprint density at radius 2 is 1.84 bits per heavy atom. The topological polar surface area (TPSA) is 57.5 Å². The van der Waals surface area contributed by atoms with Gasteiger partial charge < -0.3 is 9.79 Å². The third-order valence-electron chi connectivity index (χ3n) is 3.96. The van der Waals surface area contributed by atoms with Crippen LogP contribution < -0.4 is 0 Å². The van der Waals surface area contributed by atoms with E-state index in [1.54, 1.807) is 18.2 Å². The van der Waals surface area contributed by atoms with Crippen LogP contribution in [0.2, 0.25) is 0 Å². The molecule has 0 aromatic heterocycles. The van der Waals surface area contributed by atoms with Crippen molar-refractivity contribution in [2.75, 3.05) is 6.16 Å². The van der Waals surface area contributed by atoms with Crippen LogP contribution in [0.3, 0.4) is 0 Å². The van der Waals surface area contributed by atoms with Crippen LogP contribution in [0.5, 0.6) is 0 Å². The van der Waals surface area contributed by atoms with E-state index in [1.165, 1.54) is 6.07 Å². The number of hydrogen-bond acceptors (Lipinski definition) is 1. The van der Waals surface area contributed by atoms with Crippen LogP contribution in [0.15, 0.2) is 24.3 Å². The maximum atomic E-state index is 13.9. The number of rotatable bonds is 4. The minimum Gasteiger partial charge on any atom is -0.324 e. The molecule has 19 heavy (non-hydrogen) atoms. The Kier molecular flexibility index (Phi) is 4.77. The summed E-state index contributed by atoms with van der Waals surface area (Å²) in [6, 6.07) is 6.36. The summed E-state index contributed by atoms with van der Waals surface area (Å²) < 4.78 is 25.3. The fourth-order valence-electron chi connectivity index (χ4n) is 3.07. The molecule has 1 unspecified atom stereocenters. The second-order valence-electron chi connectivity index (χ2n) is 5.37. The van der Waals surface area contributed by atoms with Gasteiger partial charge in [0.05, 0.1) is 6.16 Å². The fraction of sp³-hybridized carbons (Fsp3) is 0.571. The second-order valence-corrected chi connectivity index (χ2v) is 7.07. The second kappa shape index (κ2) is 6.17. The van der Waals surface area contributed by atoms with Gasteiger partial charge in [0.1, 0.15) is 5.82 Å². The van der Waals surface area contributed by atoms with Gasteiger partial charge >= 0.3 is 7.60 Å². The van der Waals surface area contributed by atoms with Crippen LogP contribution in [0.4, 0.5) is 4.39 Å². The number of benzene rings is 1. The lowest BCUT2D eigenvalue weighted by Gasteiger charge is -2.31. The maximum Gasteiger partial charge on any atom is 0.326 e. The molecule has 0 heterocycles. The predicted octanol–water partition coefficient (Wildman–Crippen LogP) is 3.67. The summed E-state index contributed by atoms with van der Waals surface area (Å²) in [5.74, 6) is -0.549. The zero-order valence-electron chi connectivity index (χ0n) is 10.8. The monoisotopic (exact) mass is 286 g/mol. The summed E-state index contributed by atoms with van der Waals surface area (Å²) in [5.41, 5.74) is 0.456. The molecule has 1 saturated carbocycles. The lowest BCUT2D eigenvalue weighted by Crippen LogP contribution is -2.20. The van der Waals surface area contributed by atoms with Crippen molar-refractivity contribution in [1.82, 2.24) is 0 Å². The van der Waals surface area contributed by atoms with Crippen molar-refractivity contribution in [2.24, 2.45) is 5.92 Å². The zero-order chi connectivity index (χ0) is 13.9. The molecular formula is C14H20FO3P. The summed E-state index contributed by atoms with van der Waals surface area (Å²) in [5, 5.41) is 0. The lowest BCUT2D eigenvalue weighted by molar-refractivity contribution is 0.297. The molecule has 1 aliphatic carbocycles. The van der Waals surface area contributed by atoms with E-state index in [2.05, 4.69) is 0 Å². The Bertz CT molecular complexity index is 466. The van der Waals surface area contributed by atoms with Crippen LogP contribution in [0.1, 0.15) is 43.6 Å². The van der Waals surface area contributed by atoms with Crippen molar-refractivity contribution in [1.29, 1.82) is 0 Å². The molecule has 2 rings (SSSR count). The van der Waals surface area contributed by atoms with Crippen molar-refractivity contribution in [3.63, 3.8) is 0 Å². The highest BCUT2D eigenvalue weighted by atomic mass is 31.2.